The third-order valence-corrected chi connectivity index (χ3v) is 6.06. The highest BCUT2D eigenvalue weighted by Crippen LogP contribution is 2.43. The molecule has 0 aromatic heterocycles. The molecule has 0 radical (unpaired) electrons. The van der Waals surface area contributed by atoms with Crippen LogP contribution in [0.3, 0.4) is 0 Å². The summed E-state index contributed by atoms with van der Waals surface area (Å²) in [6.07, 6.45) is 13.2. The number of aliphatic hydroxyl groups is 1. The van der Waals surface area contributed by atoms with E-state index < -0.39 is 13.9 Å². The van der Waals surface area contributed by atoms with Crippen LogP contribution in [0.2, 0.25) is 0 Å². The normalized spacial score (nSPS) is 15.4. The average molecular weight is 469 g/mol. The van der Waals surface area contributed by atoms with Crippen LogP contribution in [0.15, 0.2) is 0 Å². The minimum absolute atomic E-state index is 0.0929. The van der Waals surface area contributed by atoms with Crippen molar-refractivity contribution in [1.29, 1.82) is 0 Å². The van der Waals surface area contributed by atoms with E-state index in [1.165, 1.54) is 57.8 Å². The van der Waals surface area contributed by atoms with E-state index in [0.29, 0.717) is 17.6 Å². The van der Waals surface area contributed by atoms with Crippen LogP contribution < -0.4 is 0 Å². The molecule has 0 bridgehead atoms. The van der Waals surface area contributed by atoms with E-state index in [4.69, 9.17) is 13.8 Å². The van der Waals surface area contributed by atoms with Crippen molar-refractivity contribution in [1.82, 2.24) is 0 Å². The van der Waals surface area contributed by atoms with Gasteiger partial charge in [-0.25, -0.2) is 4.57 Å². The van der Waals surface area contributed by atoms with E-state index in [1.807, 2.05) is 21.1 Å². The highest BCUT2D eigenvalue weighted by atomic mass is 31.2. The predicted octanol–water partition coefficient (Wildman–Crippen LogP) is 5.15. The minimum Gasteiger partial charge on any atom is -0.388 e. The molecule has 7 nitrogen and oxygen atoms in total. The van der Waals surface area contributed by atoms with Crippen LogP contribution in [0.1, 0.15) is 84.5 Å². The zero-order valence-corrected chi connectivity index (χ0v) is 21.8. The average Bonchev–Trinajstić information content (AvgIpc) is 2.65. The van der Waals surface area contributed by atoms with Crippen molar-refractivity contribution in [2.45, 2.75) is 90.6 Å². The van der Waals surface area contributed by atoms with Gasteiger partial charge in [-0.15, -0.1) is 0 Å². The molecule has 188 valence electrons. The number of rotatable bonds is 22. The number of unbranched alkanes of at least 4 members (excludes halogenated alkanes) is 9. The Kier molecular flexibility index (Phi) is 18.4. The lowest BCUT2D eigenvalue weighted by atomic mass is 10.0. The molecule has 0 heterocycles. The first-order chi connectivity index (χ1) is 14.5. The molecule has 0 aliphatic carbocycles. The third kappa shape index (κ3) is 24.5. The number of likely N-dealkylation sites (N-methyl/N-ethyl adjacent to an activating group) is 1. The second-order valence-electron chi connectivity index (χ2n) is 10.1. The maximum atomic E-state index is 11.8. The summed E-state index contributed by atoms with van der Waals surface area (Å²) in [5, 5.41) is 9.83. The van der Waals surface area contributed by atoms with E-state index in [2.05, 4.69) is 13.8 Å². The van der Waals surface area contributed by atoms with E-state index in [1.54, 1.807) is 0 Å². The fraction of sp³-hybridized carbons (Fsp3) is 1.00. The predicted molar refractivity (Wildman–Crippen MR) is 127 cm³/mol. The number of aliphatic hydroxyl groups excluding tert-OH is 1. The van der Waals surface area contributed by atoms with Crippen molar-refractivity contribution in [2.75, 3.05) is 54.1 Å². The van der Waals surface area contributed by atoms with Crippen LogP contribution in [0.5, 0.6) is 0 Å². The van der Waals surface area contributed by atoms with Gasteiger partial charge in [-0.2, -0.15) is 0 Å². The van der Waals surface area contributed by atoms with Crippen LogP contribution in [-0.4, -0.2) is 74.7 Å². The highest BCUT2D eigenvalue weighted by molar-refractivity contribution is 7.47. The molecule has 8 heteroatoms. The van der Waals surface area contributed by atoms with Gasteiger partial charge in [-0.05, 0) is 12.3 Å². The quantitative estimate of drug-likeness (QED) is 0.130. The summed E-state index contributed by atoms with van der Waals surface area (Å²) in [5.41, 5.74) is 0. The monoisotopic (exact) mass is 468 g/mol. The first-order valence-corrected chi connectivity index (χ1v) is 13.7. The molecule has 0 saturated heterocycles. The van der Waals surface area contributed by atoms with E-state index in [-0.39, 0.29) is 19.8 Å². The van der Waals surface area contributed by atoms with Crippen molar-refractivity contribution < 1.29 is 32.8 Å². The van der Waals surface area contributed by atoms with Gasteiger partial charge in [0.2, 0.25) is 0 Å². The number of phosphoric ester groups is 1. The second-order valence-corrected chi connectivity index (χ2v) is 11.5. The van der Waals surface area contributed by atoms with Gasteiger partial charge in [-0.1, -0.05) is 78.1 Å². The van der Waals surface area contributed by atoms with Crippen LogP contribution in [0, 0.1) is 5.92 Å². The van der Waals surface area contributed by atoms with Crippen molar-refractivity contribution in [2.24, 2.45) is 5.92 Å². The van der Waals surface area contributed by atoms with Gasteiger partial charge in [0.25, 0.3) is 0 Å². The molecule has 0 aliphatic heterocycles. The van der Waals surface area contributed by atoms with Crippen LogP contribution in [0.4, 0.5) is 0 Å². The summed E-state index contributed by atoms with van der Waals surface area (Å²) < 4.78 is 27.6. The molecule has 2 atom stereocenters. The number of hydrogen-bond acceptors (Lipinski definition) is 5. The van der Waals surface area contributed by atoms with Gasteiger partial charge in [0.15, 0.2) is 0 Å². The molecule has 0 aromatic rings. The number of quaternary nitrogens is 1. The van der Waals surface area contributed by atoms with Gasteiger partial charge < -0.3 is 19.2 Å². The molecule has 0 amide bonds. The largest absolute Gasteiger partial charge is 0.472 e. The summed E-state index contributed by atoms with van der Waals surface area (Å²) in [7, 11) is 1.75. The van der Waals surface area contributed by atoms with Gasteiger partial charge >= 0.3 is 7.82 Å². The molecular weight excluding hydrogens is 417 g/mol. The second kappa shape index (κ2) is 18.4. The zero-order chi connectivity index (χ0) is 23.6. The van der Waals surface area contributed by atoms with Gasteiger partial charge in [0.1, 0.15) is 19.3 Å². The van der Waals surface area contributed by atoms with Crippen LogP contribution in [0.25, 0.3) is 0 Å². The Morgan fingerprint density at radius 1 is 0.774 bits per heavy atom. The van der Waals surface area contributed by atoms with Gasteiger partial charge in [-0.3, -0.25) is 9.05 Å². The Morgan fingerprint density at radius 2 is 1.29 bits per heavy atom. The number of phosphoric acid groups is 1. The SMILES string of the molecule is CC(C)CCCCCCCCCCCCOC[C@@H](O)COP(=O)(O)OCC[N+](C)(C)C. The maximum absolute atomic E-state index is 11.8. The fourth-order valence-electron chi connectivity index (χ4n) is 3.09. The Hall–Kier alpha value is -0.0100. The summed E-state index contributed by atoms with van der Waals surface area (Å²) >= 11 is 0. The highest BCUT2D eigenvalue weighted by Gasteiger charge is 2.24. The lowest BCUT2D eigenvalue weighted by Crippen LogP contribution is -2.37. The Morgan fingerprint density at radius 3 is 1.81 bits per heavy atom. The first-order valence-electron chi connectivity index (χ1n) is 12.2. The van der Waals surface area contributed by atoms with Gasteiger partial charge in [0, 0.05) is 6.61 Å². The summed E-state index contributed by atoms with van der Waals surface area (Å²) in [5.74, 6) is 0.835. The molecule has 0 aliphatic rings. The number of hydrogen-bond donors (Lipinski definition) is 2. The molecule has 31 heavy (non-hydrogen) atoms. The maximum Gasteiger partial charge on any atom is 0.472 e. The molecule has 0 rings (SSSR count). The summed E-state index contributed by atoms with van der Waals surface area (Å²) in [6, 6.07) is 0. The smallest absolute Gasteiger partial charge is 0.388 e. The van der Waals surface area contributed by atoms with Crippen LogP contribution >= 0.6 is 7.82 Å². The number of nitrogens with zero attached hydrogens (tertiary/aromatic N) is 1. The fourth-order valence-corrected chi connectivity index (χ4v) is 3.83. The van der Waals surface area contributed by atoms with E-state index in [0.717, 1.165) is 18.8 Å². The molecule has 2 N–H and O–H groups in total. The lowest BCUT2D eigenvalue weighted by Gasteiger charge is -2.24. The van der Waals surface area contributed by atoms with Crippen molar-refractivity contribution in [3.8, 4) is 0 Å². The third-order valence-electron chi connectivity index (χ3n) is 5.08. The molecular formula is C23H51NO6P+. The molecule has 0 aromatic carbocycles. The first kappa shape index (κ1) is 31.0. The standard InChI is InChI=1S/C23H50NO6P/c1-22(2)16-14-12-10-8-6-7-9-11-13-15-18-28-20-23(25)21-30-31(26,27)29-19-17-24(3,4)5/h22-23,25H,6-21H2,1-5H3/p+1/t23-/m1/s1. The summed E-state index contributed by atoms with van der Waals surface area (Å²) in [6.45, 7) is 5.68. The minimum atomic E-state index is -4.13. The Bertz CT molecular complexity index is 456. The van der Waals surface area contributed by atoms with E-state index in [9.17, 15) is 14.6 Å². The zero-order valence-electron chi connectivity index (χ0n) is 20.9. The number of ether oxygens (including phenoxy) is 1. The topological polar surface area (TPSA) is 85.2 Å². The van der Waals surface area contributed by atoms with Crippen molar-refractivity contribution in [3.63, 3.8) is 0 Å². The Balaban J connectivity index is 3.44. The lowest BCUT2D eigenvalue weighted by molar-refractivity contribution is -0.870. The van der Waals surface area contributed by atoms with E-state index >= 15 is 0 Å². The molecule has 1 unspecified atom stereocenters. The Labute approximate surface area is 191 Å². The molecule has 0 saturated carbocycles. The van der Waals surface area contributed by atoms with Crippen molar-refractivity contribution >= 4 is 7.82 Å². The van der Waals surface area contributed by atoms with Crippen LogP contribution in [-0.2, 0) is 18.3 Å². The molecule has 0 spiro atoms. The van der Waals surface area contributed by atoms with Gasteiger partial charge in [0.05, 0.1) is 34.4 Å². The molecule has 0 fully saturated rings. The van der Waals surface area contributed by atoms with Crippen molar-refractivity contribution in [3.05, 3.63) is 0 Å². The summed E-state index contributed by atoms with van der Waals surface area (Å²) in [4.78, 5) is 9.62.